The molecule has 0 saturated carbocycles. The van der Waals surface area contributed by atoms with E-state index in [4.69, 9.17) is 14.2 Å². The lowest BCUT2D eigenvalue weighted by Crippen LogP contribution is -2.67. The van der Waals surface area contributed by atoms with E-state index < -0.39 is 5.54 Å². The molecule has 0 aromatic rings. The van der Waals surface area contributed by atoms with Crippen molar-refractivity contribution in [3.8, 4) is 0 Å². The number of nitrogens with one attached hydrogen (secondary N) is 1. The molecule has 1 unspecified atom stereocenters. The van der Waals surface area contributed by atoms with Gasteiger partial charge in [-0.05, 0) is 12.8 Å². The smallest absolute Gasteiger partial charge is 0.330 e. The topological polar surface area (TPSA) is 56.8 Å². The van der Waals surface area contributed by atoms with Crippen molar-refractivity contribution in [3.63, 3.8) is 0 Å². The Hall–Kier alpha value is -0.650. The van der Waals surface area contributed by atoms with Crippen LogP contribution in [0.5, 0.6) is 0 Å². The SMILES string of the molecule is COC(=O)C1(NCC2CCCO2)COC1. The summed E-state index contributed by atoms with van der Waals surface area (Å²) in [4.78, 5) is 11.5. The lowest BCUT2D eigenvalue weighted by Gasteiger charge is -2.39. The number of rotatable bonds is 4. The molecule has 0 radical (unpaired) electrons. The van der Waals surface area contributed by atoms with Crippen LogP contribution in [0.2, 0.25) is 0 Å². The van der Waals surface area contributed by atoms with Crippen molar-refractivity contribution in [2.45, 2.75) is 24.5 Å². The molecule has 86 valence electrons. The maximum Gasteiger partial charge on any atom is 0.330 e. The monoisotopic (exact) mass is 215 g/mol. The summed E-state index contributed by atoms with van der Waals surface area (Å²) in [6.45, 7) is 2.31. The first-order chi connectivity index (χ1) is 7.27. The zero-order chi connectivity index (χ0) is 10.7. The number of esters is 1. The lowest BCUT2D eigenvalue weighted by molar-refractivity contribution is -0.170. The van der Waals surface area contributed by atoms with E-state index in [-0.39, 0.29) is 12.1 Å². The minimum Gasteiger partial charge on any atom is -0.468 e. The second-order valence-corrected chi connectivity index (χ2v) is 4.08. The van der Waals surface area contributed by atoms with E-state index in [0.29, 0.717) is 19.8 Å². The second-order valence-electron chi connectivity index (χ2n) is 4.08. The normalized spacial score (nSPS) is 28.5. The number of methoxy groups -OCH3 is 1. The molecule has 0 aromatic heterocycles. The van der Waals surface area contributed by atoms with E-state index in [0.717, 1.165) is 19.4 Å². The van der Waals surface area contributed by atoms with Crippen molar-refractivity contribution < 1.29 is 19.0 Å². The van der Waals surface area contributed by atoms with Crippen LogP contribution < -0.4 is 5.32 Å². The van der Waals surface area contributed by atoms with Crippen molar-refractivity contribution in [2.24, 2.45) is 0 Å². The Morgan fingerprint density at radius 3 is 2.87 bits per heavy atom. The van der Waals surface area contributed by atoms with Gasteiger partial charge in [0.15, 0.2) is 5.54 Å². The van der Waals surface area contributed by atoms with Crippen molar-refractivity contribution in [1.29, 1.82) is 0 Å². The van der Waals surface area contributed by atoms with Crippen LogP contribution in [0, 0.1) is 0 Å². The third kappa shape index (κ3) is 2.14. The van der Waals surface area contributed by atoms with Gasteiger partial charge in [-0.25, -0.2) is 4.79 Å². The number of carbonyl (C=O) groups is 1. The largest absolute Gasteiger partial charge is 0.468 e. The van der Waals surface area contributed by atoms with E-state index >= 15 is 0 Å². The molecule has 0 aromatic carbocycles. The minimum atomic E-state index is -0.624. The van der Waals surface area contributed by atoms with Crippen molar-refractivity contribution in [1.82, 2.24) is 5.32 Å². The maximum atomic E-state index is 11.5. The van der Waals surface area contributed by atoms with Gasteiger partial charge in [0, 0.05) is 13.2 Å². The molecule has 2 heterocycles. The molecule has 0 amide bonds. The molecule has 2 aliphatic rings. The average Bonchev–Trinajstić information content (AvgIpc) is 2.68. The summed E-state index contributed by atoms with van der Waals surface area (Å²) in [5.41, 5.74) is -0.624. The van der Waals surface area contributed by atoms with Gasteiger partial charge < -0.3 is 14.2 Å². The molecule has 2 saturated heterocycles. The van der Waals surface area contributed by atoms with Crippen molar-refractivity contribution in [3.05, 3.63) is 0 Å². The van der Waals surface area contributed by atoms with Crippen molar-refractivity contribution >= 4 is 5.97 Å². The molecule has 0 bridgehead atoms. The Morgan fingerprint density at radius 1 is 1.60 bits per heavy atom. The molecular formula is C10H17NO4. The van der Waals surface area contributed by atoms with E-state index in [1.807, 2.05) is 0 Å². The molecule has 5 nitrogen and oxygen atoms in total. The summed E-state index contributed by atoms with van der Waals surface area (Å²) in [6.07, 6.45) is 2.39. The molecule has 0 aliphatic carbocycles. The highest BCUT2D eigenvalue weighted by Crippen LogP contribution is 2.20. The Labute approximate surface area is 89.1 Å². The molecule has 0 spiro atoms. The first-order valence-electron chi connectivity index (χ1n) is 5.30. The van der Waals surface area contributed by atoms with E-state index in [9.17, 15) is 4.79 Å². The molecule has 1 atom stereocenters. The minimum absolute atomic E-state index is 0.229. The van der Waals surface area contributed by atoms with Gasteiger partial charge in [-0.1, -0.05) is 0 Å². The molecule has 2 fully saturated rings. The van der Waals surface area contributed by atoms with Crippen LogP contribution in [-0.2, 0) is 19.0 Å². The molecule has 15 heavy (non-hydrogen) atoms. The fourth-order valence-electron chi connectivity index (χ4n) is 1.91. The molecule has 5 heteroatoms. The zero-order valence-electron chi connectivity index (χ0n) is 8.95. The average molecular weight is 215 g/mol. The first-order valence-corrected chi connectivity index (χ1v) is 5.30. The fraction of sp³-hybridized carbons (Fsp3) is 0.900. The Kier molecular flexibility index (Phi) is 3.23. The van der Waals surface area contributed by atoms with Gasteiger partial charge in [0.05, 0.1) is 26.4 Å². The van der Waals surface area contributed by atoms with Gasteiger partial charge in [-0.2, -0.15) is 0 Å². The maximum absolute atomic E-state index is 11.5. The van der Waals surface area contributed by atoms with Crippen LogP contribution in [0.3, 0.4) is 0 Å². The van der Waals surface area contributed by atoms with E-state index in [1.165, 1.54) is 7.11 Å². The Bertz CT molecular complexity index is 234. The summed E-state index contributed by atoms with van der Waals surface area (Å²) >= 11 is 0. The highest BCUT2D eigenvalue weighted by Gasteiger charge is 2.47. The third-order valence-corrected chi connectivity index (χ3v) is 2.97. The van der Waals surface area contributed by atoms with Gasteiger partial charge in [0.25, 0.3) is 0 Å². The van der Waals surface area contributed by atoms with Crippen LogP contribution in [0.4, 0.5) is 0 Å². The van der Waals surface area contributed by atoms with Gasteiger partial charge in [0.1, 0.15) is 0 Å². The van der Waals surface area contributed by atoms with E-state index in [2.05, 4.69) is 5.32 Å². The summed E-state index contributed by atoms with van der Waals surface area (Å²) in [6, 6.07) is 0. The summed E-state index contributed by atoms with van der Waals surface area (Å²) < 4.78 is 15.3. The zero-order valence-corrected chi connectivity index (χ0v) is 8.95. The number of hydrogen-bond donors (Lipinski definition) is 1. The highest BCUT2D eigenvalue weighted by molar-refractivity contribution is 5.82. The highest BCUT2D eigenvalue weighted by atomic mass is 16.5. The molecule has 2 aliphatic heterocycles. The fourth-order valence-corrected chi connectivity index (χ4v) is 1.91. The number of hydrogen-bond acceptors (Lipinski definition) is 5. The van der Waals surface area contributed by atoms with Crippen LogP contribution in [-0.4, -0.2) is 51.1 Å². The second kappa shape index (κ2) is 4.47. The summed E-state index contributed by atoms with van der Waals surface area (Å²) in [5, 5.41) is 3.20. The van der Waals surface area contributed by atoms with Gasteiger partial charge in [-0.15, -0.1) is 0 Å². The van der Waals surface area contributed by atoms with Gasteiger partial charge in [-0.3, -0.25) is 5.32 Å². The summed E-state index contributed by atoms with van der Waals surface area (Å²) in [5.74, 6) is -0.244. The standard InChI is InChI=1S/C10H17NO4/c1-13-9(12)10(6-14-7-10)11-5-8-3-2-4-15-8/h8,11H,2-7H2,1H3. The lowest BCUT2D eigenvalue weighted by atomic mass is 9.97. The Morgan fingerprint density at radius 2 is 2.40 bits per heavy atom. The van der Waals surface area contributed by atoms with Gasteiger partial charge in [0.2, 0.25) is 0 Å². The van der Waals surface area contributed by atoms with Crippen LogP contribution in [0.1, 0.15) is 12.8 Å². The predicted octanol–water partition coefficient (Wildman–Crippen LogP) is -0.303. The number of carbonyl (C=O) groups excluding carboxylic acids is 1. The quantitative estimate of drug-likeness (QED) is 0.652. The van der Waals surface area contributed by atoms with Gasteiger partial charge >= 0.3 is 5.97 Å². The van der Waals surface area contributed by atoms with Crippen LogP contribution in [0.25, 0.3) is 0 Å². The third-order valence-electron chi connectivity index (χ3n) is 2.97. The van der Waals surface area contributed by atoms with Crippen molar-refractivity contribution in [2.75, 3.05) is 33.5 Å². The molecule has 1 N–H and O–H groups in total. The van der Waals surface area contributed by atoms with E-state index in [1.54, 1.807) is 0 Å². The molecule has 2 rings (SSSR count). The first kappa shape index (κ1) is 10.9. The van der Waals surface area contributed by atoms with Crippen LogP contribution >= 0.6 is 0 Å². The predicted molar refractivity (Wildman–Crippen MR) is 52.5 cm³/mol. The summed E-state index contributed by atoms with van der Waals surface area (Å²) in [7, 11) is 1.40. The number of ether oxygens (including phenoxy) is 3. The Balaban J connectivity index is 1.82. The molecular weight excluding hydrogens is 198 g/mol. The van der Waals surface area contributed by atoms with Crippen LogP contribution in [0.15, 0.2) is 0 Å².